The van der Waals surface area contributed by atoms with E-state index in [0.717, 1.165) is 65.4 Å². The van der Waals surface area contributed by atoms with Gasteiger partial charge in [-0.15, -0.1) is 0 Å². The van der Waals surface area contributed by atoms with Gasteiger partial charge in [-0.05, 0) is 108 Å². The molecule has 1 aromatic heterocycles. The van der Waals surface area contributed by atoms with Gasteiger partial charge in [0.15, 0.2) is 0 Å². The standard InChI is InChI=1S/C60H39NO/c1-3-16-48-42(12-1)14-9-20-50(48)44-28-26-40(27-29-44)41-30-34-46(35-31-41)61(47-36-32-45(33-37-47)51-21-10-15-43-13-2-4-17-49(43)51)58-24-7-5-18-54(58)52-22-11-23-56-53(52)38-39-57-55-19-6-8-25-59(55)62-60(56)57/h1-39H/i30D,31D,32D,33D,34D,35D,36D,37D. The van der Waals surface area contributed by atoms with Crippen LogP contribution < -0.4 is 4.90 Å². The van der Waals surface area contributed by atoms with Crippen molar-refractivity contribution < 1.29 is 15.4 Å². The number of hydrogen-bond donors (Lipinski definition) is 0. The second-order valence-corrected chi connectivity index (χ2v) is 15.4. The van der Waals surface area contributed by atoms with Crippen LogP contribution >= 0.6 is 0 Å². The molecule has 62 heavy (non-hydrogen) atoms. The SMILES string of the molecule is [2H]c1c([2H])c(N(c2ccccc2-c2cccc3c2ccc2c4ccccc4oc32)c2c([2H])c([2H])c(-c3cccc4ccccc34)c([2H])c2[2H])c([2H])c([2H])c1-c1ccc(-c2cccc3ccccc23)cc1. The predicted molar refractivity (Wildman–Crippen MR) is 263 cm³/mol. The smallest absolute Gasteiger partial charge is 0.143 e. The first-order chi connectivity index (χ1) is 34.1. The predicted octanol–water partition coefficient (Wildman–Crippen LogP) is 17.2. The summed E-state index contributed by atoms with van der Waals surface area (Å²) in [4.78, 5) is 1.40. The molecular weight excluding hydrogens is 751 g/mol. The third kappa shape index (κ3) is 6.04. The number of rotatable bonds is 7. The topological polar surface area (TPSA) is 16.4 Å². The number of benzene rings is 11. The van der Waals surface area contributed by atoms with Crippen LogP contribution in [-0.4, -0.2) is 0 Å². The zero-order chi connectivity index (χ0) is 47.9. The van der Waals surface area contributed by atoms with E-state index < -0.39 is 24.2 Å². The van der Waals surface area contributed by atoms with Gasteiger partial charge in [0.05, 0.1) is 16.7 Å². The Balaban J connectivity index is 1.09. The summed E-state index contributed by atoms with van der Waals surface area (Å²) in [6, 6.07) is 57.0. The Morgan fingerprint density at radius 3 is 1.48 bits per heavy atom. The first kappa shape index (κ1) is 28.3. The molecule has 1 heterocycles. The molecule has 0 atom stereocenters. The lowest BCUT2D eigenvalue weighted by atomic mass is 9.94. The molecule has 0 amide bonds. The van der Waals surface area contributed by atoms with Gasteiger partial charge in [-0.1, -0.05) is 194 Å². The molecule has 290 valence electrons. The minimum absolute atomic E-state index is 0.0891. The first-order valence-electron chi connectivity index (χ1n) is 24.6. The minimum Gasteiger partial charge on any atom is -0.455 e. The van der Waals surface area contributed by atoms with Gasteiger partial charge >= 0.3 is 0 Å². The molecule has 11 aromatic carbocycles. The molecular formula is C60H39NO. The second-order valence-electron chi connectivity index (χ2n) is 15.4. The van der Waals surface area contributed by atoms with Gasteiger partial charge in [0.1, 0.15) is 11.2 Å². The summed E-state index contributed by atoms with van der Waals surface area (Å²) in [6.45, 7) is 0. The van der Waals surface area contributed by atoms with E-state index >= 15 is 0 Å². The summed E-state index contributed by atoms with van der Waals surface area (Å²) in [5.41, 5.74) is 5.82. The molecule has 0 unspecified atom stereocenters. The summed E-state index contributed by atoms with van der Waals surface area (Å²) >= 11 is 0. The van der Waals surface area contributed by atoms with Gasteiger partial charge in [0, 0.05) is 33.1 Å². The maximum Gasteiger partial charge on any atom is 0.143 e. The zero-order valence-corrected chi connectivity index (χ0v) is 33.3. The van der Waals surface area contributed by atoms with E-state index in [0.29, 0.717) is 28.0 Å². The van der Waals surface area contributed by atoms with Crippen molar-refractivity contribution in [2.24, 2.45) is 0 Å². The largest absolute Gasteiger partial charge is 0.455 e. The lowest BCUT2D eigenvalue weighted by Gasteiger charge is -2.28. The van der Waals surface area contributed by atoms with Crippen LogP contribution in [0.3, 0.4) is 0 Å². The van der Waals surface area contributed by atoms with Crippen molar-refractivity contribution in [3.63, 3.8) is 0 Å². The van der Waals surface area contributed by atoms with Crippen LogP contribution in [0.5, 0.6) is 0 Å². The van der Waals surface area contributed by atoms with Crippen molar-refractivity contribution in [3.05, 3.63) is 236 Å². The Morgan fingerprint density at radius 1 is 0.306 bits per heavy atom. The summed E-state index contributed by atoms with van der Waals surface area (Å²) in [7, 11) is 0. The molecule has 0 aliphatic heterocycles. The normalized spacial score (nSPS) is 13.4. The molecule has 0 bridgehead atoms. The van der Waals surface area contributed by atoms with Crippen LogP contribution in [0.25, 0.3) is 98.8 Å². The van der Waals surface area contributed by atoms with E-state index in [1.165, 1.54) is 4.90 Å². The fraction of sp³-hybridized carbons (Fsp3) is 0. The maximum absolute atomic E-state index is 9.82. The summed E-state index contributed by atoms with van der Waals surface area (Å²) < 4.78 is 84.2. The average Bonchev–Trinajstić information content (AvgIpc) is 3.79. The molecule has 0 N–H and O–H groups in total. The Hall–Kier alpha value is -8.20. The van der Waals surface area contributed by atoms with E-state index in [1.807, 2.05) is 152 Å². The van der Waals surface area contributed by atoms with Crippen LogP contribution in [0.15, 0.2) is 241 Å². The number of hydrogen-bond acceptors (Lipinski definition) is 2. The number of anilines is 3. The van der Waals surface area contributed by atoms with Crippen molar-refractivity contribution in [2.75, 3.05) is 4.90 Å². The Morgan fingerprint density at radius 2 is 0.774 bits per heavy atom. The number of nitrogens with zero attached hydrogens (tertiary/aromatic N) is 1. The summed E-state index contributed by atoms with van der Waals surface area (Å²) in [6.07, 6.45) is 0. The third-order valence-corrected chi connectivity index (χ3v) is 11.8. The van der Waals surface area contributed by atoms with Crippen LogP contribution in [0.2, 0.25) is 0 Å². The molecule has 12 rings (SSSR count). The van der Waals surface area contributed by atoms with Gasteiger partial charge in [-0.3, -0.25) is 0 Å². The van der Waals surface area contributed by atoms with Crippen molar-refractivity contribution in [3.8, 4) is 44.5 Å². The Kier molecular flexibility index (Phi) is 6.76. The Bertz CT molecular complexity index is 4060. The molecule has 0 saturated carbocycles. The fourth-order valence-electron chi connectivity index (χ4n) is 8.88. The van der Waals surface area contributed by atoms with E-state index in [-0.39, 0.29) is 46.7 Å². The monoisotopic (exact) mass is 797 g/mol. The highest BCUT2D eigenvalue weighted by Crippen LogP contribution is 2.45. The molecule has 2 nitrogen and oxygen atoms in total. The van der Waals surface area contributed by atoms with E-state index in [4.69, 9.17) is 4.42 Å². The van der Waals surface area contributed by atoms with Crippen molar-refractivity contribution in [1.82, 2.24) is 0 Å². The first-order valence-corrected chi connectivity index (χ1v) is 20.6. The minimum atomic E-state index is -0.416. The lowest BCUT2D eigenvalue weighted by molar-refractivity contribution is 0.672. The number of fused-ring (bicyclic) bond motifs is 7. The summed E-state index contributed by atoms with van der Waals surface area (Å²) in [5.74, 6) is 0. The molecule has 0 aliphatic rings. The number of furan rings is 1. The number of para-hydroxylation sites is 2. The molecule has 0 radical (unpaired) electrons. The van der Waals surface area contributed by atoms with Crippen molar-refractivity contribution in [2.45, 2.75) is 0 Å². The fourth-order valence-corrected chi connectivity index (χ4v) is 8.88. The van der Waals surface area contributed by atoms with Gasteiger partial charge in [-0.25, -0.2) is 0 Å². The highest BCUT2D eigenvalue weighted by Gasteiger charge is 2.20. The molecule has 2 heteroatoms. The van der Waals surface area contributed by atoms with Crippen molar-refractivity contribution in [1.29, 1.82) is 0 Å². The summed E-state index contributed by atoms with van der Waals surface area (Å²) in [5, 5.41) is 7.42. The van der Waals surface area contributed by atoms with E-state index in [9.17, 15) is 11.0 Å². The highest BCUT2D eigenvalue weighted by molar-refractivity contribution is 6.18. The molecule has 0 spiro atoms. The molecule has 12 aromatic rings. The molecule has 0 saturated heterocycles. The van der Waals surface area contributed by atoms with Gasteiger partial charge < -0.3 is 9.32 Å². The van der Waals surface area contributed by atoms with Crippen LogP contribution in [0.1, 0.15) is 11.0 Å². The third-order valence-electron chi connectivity index (χ3n) is 11.8. The molecule has 0 aliphatic carbocycles. The highest BCUT2D eigenvalue weighted by atomic mass is 16.3. The lowest BCUT2D eigenvalue weighted by Crippen LogP contribution is -2.11. The van der Waals surface area contributed by atoms with Crippen LogP contribution in [0.4, 0.5) is 17.1 Å². The van der Waals surface area contributed by atoms with Crippen LogP contribution in [-0.2, 0) is 0 Å². The second kappa shape index (κ2) is 14.8. The van der Waals surface area contributed by atoms with Gasteiger partial charge in [0.25, 0.3) is 0 Å². The quantitative estimate of drug-likeness (QED) is 0.160. The van der Waals surface area contributed by atoms with E-state index in [2.05, 4.69) is 18.2 Å². The van der Waals surface area contributed by atoms with Crippen LogP contribution in [0, 0.1) is 0 Å². The Labute approximate surface area is 371 Å². The maximum atomic E-state index is 9.82. The van der Waals surface area contributed by atoms with E-state index in [1.54, 1.807) is 18.2 Å². The van der Waals surface area contributed by atoms with Gasteiger partial charge in [-0.2, -0.15) is 0 Å². The van der Waals surface area contributed by atoms with Gasteiger partial charge in [0.2, 0.25) is 0 Å². The average molecular weight is 798 g/mol. The van der Waals surface area contributed by atoms with Crippen molar-refractivity contribution >= 4 is 71.3 Å². The molecule has 0 fully saturated rings. The zero-order valence-electron chi connectivity index (χ0n) is 41.3.